The van der Waals surface area contributed by atoms with Crippen LogP contribution in [0.15, 0.2) is 18.2 Å². The van der Waals surface area contributed by atoms with Crippen molar-refractivity contribution >= 4 is 5.78 Å². The van der Waals surface area contributed by atoms with Crippen LogP contribution in [0, 0.1) is 6.92 Å². The van der Waals surface area contributed by atoms with Gasteiger partial charge in [-0.1, -0.05) is 12.1 Å². The van der Waals surface area contributed by atoms with E-state index in [1.807, 2.05) is 31.0 Å². The highest BCUT2D eigenvalue weighted by Crippen LogP contribution is 2.19. The summed E-state index contributed by atoms with van der Waals surface area (Å²) in [7, 11) is 3.62. The highest BCUT2D eigenvalue weighted by molar-refractivity contribution is 5.77. The van der Waals surface area contributed by atoms with Crippen LogP contribution in [-0.2, 0) is 11.3 Å². The van der Waals surface area contributed by atoms with Gasteiger partial charge >= 0.3 is 0 Å². The number of Topliss-reactive ketones (excluding diaryl/α,β-unsaturated/α-hetero) is 1. The van der Waals surface area contributed by atoms with Gasteiger partial charge in [0.05, 0.1) is 13.7 Å². The first-order valence-electron chi connectivity index (χ1n) is 5.34. The summed E-state index contributed by atoms with van der Waals surface area (Å²) in [5.74, 6) is 1.09. The molecule has 0 amide bonds. The first-order chi connectivity index (χ1) is 7.52. The molecule has 16 heavy (non-hydrogen) atoms. The maximum Gasteiger partial charge on any atom is 0.143 e. The topological polar surface area (TPSA) is 29.5 Å². The van der Waals surface area contributed by atoms with E-state index in [-0.39, 0.29) is 5.78 Å². The highest BCUT2D eigenvalue weighted by atomic mass is 16.5. The van der Waals surface area contributed by atoms with E-state index in [9.17, 15) is 4.79 Å². The molecule has 0 saturated carbocycles. The highest BCUT2D eigenvalue weighted by Gasteiger charge is 2.05. The average molecular weight is 221 g/mol. The Kier molecular flexibility index (Phi) is 4.50. The Balaban J connectivity index is 2.67. The number of hydrogen-bond donors (Lipinski definition) is 0. The first-order valence-corrected chi connectivity index (χ1v) is 5.34. The van der Waals surface area contributed by atoms with E-state index < -0.39 is 0 Å². The lowest BCUT2D eigenvalue weighted by Crippen LogP contribution is -2.23. The largest absolute Gasteiger partial charge is 0.496 e. The van der Waals surface area contributed by atoms with E-state index >= 15 is 0 Å². The first kappa shape index (κ1) is 12.7. The second-order valence-corrected chi connectivity index (χ2v) is 4.18. The van der Waals surface area contributed by atoms with Crippen LogP contribution in [-0.4, -0.2) is 31.4 Å². The standard InChI is InChI=1S/C13H19NO2/c1-10-7-12(5-6-13(10)16-4)9-14(3)8-11(2)15/h5-7H,8-9H2,1-4H3. The van der Waals surface area contributed by atoms with Crippen molar-refractivity contribution in [2.24, 2.45) is 0 Å². The molecule has 0 fully saturated rings. The minimum Gasteiger partial charge on any atom is -0.496 e. The Hall–Kier alpha value is -1.35. The number of methoxy groups -OCH3 is 1. The second-order valence-electron chi connectivity index (χ2n) is 4.18. The number of ether oxygens (including phenoxy) is 1. The number of carbonyl (C=O) groups excluding carboxylic acids is 1. The van der Waals surface area contributed by atoms with Gasteiger partial charge in [-0.15, -0.1) is 0 Å². The maximum atomic E-state index is 11.0. The van der Waals surface area contributed by atoms with E-state index in [1.54, 1.807) is 14.0 Å². The summed E-state index contributed by atoms with van der Waals surface area (Å²) < 4.78 is 5.20. The Bertz CT molecular complexity index is 374. The van der Waals surface area contributed by atoms with Crippen molar-refractivity contribution in [2.45, 2.75) is 20.4 Å². The summed E-state index contributed by atoms with van der Waals surface area (Å²) >= 11 is 0. The molecule has 3 heteroatoms. The molecule has 0 spiro atoms. The van der Waals surface area contributed by atoms with Crippen LogP contribution in [0.3, 0.4) is 0 Å². The molecule has 0 atom stereocenters. The number of carbonyl (C=O) groups is 1. The third-order valence-electron chi connectivity index (χ3n) is 2.40. The van der Waals surface area contributed by atoms with Crippen molar-refractivity contribution in [1.82, 2.24) is 4.90 Å². The number of hydrogen-bond acceptors (Lipinski definition) is 3. The number of aryl methyl sites for hydroxylation is 1. The summed E-state index contributed by atoms with van der Waals surface area (Å²) in [4.78, 5) is 13.0. The fourth-order valence-corrected chi connectivity index (χ4v) is 1.79. The molecular weight excluding hydrogens is 202 g/mol. The average Bonchev–Trinajstić information content (AvgIpc) is 2.16. The Morgan fingerprint density at radius 2 is 2.12 bits per heavy atom. The van der Waals surface area contributed by atoms with Crippen LogP contribution >= 0.6 is 0 Å². The molecule has 0 aliphatic heterocycles. The van der Waals surface area contributed by atoms with E-state index in [1.165, 1.54) is 5.56 Å². The zero-order valence-corrected chi connectivity index (χ0v) is 10.4. The van der Waals surface area contributed by atoms with Gasteiger partial charge in [0.2, 0.25) is 0 Å². The van der Waals surface area contributed by atoms with Crippen LogP contribution < -0.4 is 4.74 Å². The molecular formula is C13H19NO2. The zero-order chi connectivity index (χ0) is 12.1. The SMILES string of the molecule is COc1ccc(CN(C)CC(C)=O)cc1C. The van der Waals surface area contributed by atoms with Crippen molar-refractivity contribution in [1.29, 1.82) is 0 Å². The van der Waals surface area contributed by atoms with Crippen LogP contribution in [0.2, 0.25) is 0 Å². The monoisotopic (exact) mass is 221 g/mol. The molecule has 0 bridgehead atoms. The van der Waals surface area contributed by atoms with Crippen molar-refractivity contribution in [3.05, 3.63) is 29.3 Å². The van der Waals surface area contributed by atoms with Gasteiger partial charge in [0.25, 0.3) is 0 Å². The number of likely N-dealkylation sites (N-methyl/N-ethyl adjacent to an activating group) is 1. The van der Waals surface area contributed by atoms with Crippen LogP contribution in [0.25, 0.3) is 0 Å². The minimum absolute atomic E-state index is 0.188. The summed E-state index contributed by atoms with van der Waals surface area (Å²) in [6.07, 6.45) is 0. The zero-order valence-electron chi connectivity index (χ0n) is 10.4. The third-order valence-corrected chi connectivity index (χ3v) is 2.40. The number of ketones is 1. The van der Waals surface area contributed by atoms with Crippen molar-refractivity contribution in [3.63, 3.8) is 0 Å². The van der Waals surface area contributed by atoms with E-state index in [0.29, 0.717) is 6.54 Å². The molecule has 0 unspecified atom stereocenters. The second kappa shape index (κ2) is 5.66. The fraction of sp³-hybridized carbons (Fsp3) is 0.462. The van der Waals surface area contributed by atoms with Crippen molar-refractivity contribution in [2.75, 3.05) is 20.7 Å². The molecule has 0 aliphatic carbocycles. The Labute approximate surface area is 97.0 Å². The van der Waals surface area contributed by atoms with Gasteiger partial charge < -0.3 is 4.74 Å². The molecule has 1 rings (SSSR count). The molecule has 1 aromatic carbocycles. The number of rotatable bonds is 5. The lowest BCUT2D eigenvalue weighted by Gasteiger charge is -2.15. The maximum absolute atomic E-state index is 11.0. The van der Waals surface area contributed by atoms with E-state index in [2.05, 4.69) is 6.07 Å². The molecule has 0 aliphatic rings. The molecule has 1 aromatic rings. The summed E-state index contributed by atoms with van der Waals surface area (Å²) in [6.45, 7) is 4.90. The van der Waals surface area contributed by atoms with Gasteiger partial charge in [-0.2, -0.15) is 0 Å². The normalized spacial score (nSPS) is 10.6. The van der Waals surface area contributed by atoms with Gasteiger partial charge in [0.1, 0.15) is 11.5 Å². The molecule has 0 N–H and O–H groups in total. The number of benzene rings is 1. The van der Waals surface area contributed by atoms with Gasteiger partial charge in [0.15, 0.2) is 0 Å². The Morgan fingerprint density at radius 1 is 1.44 bits per heavy atom. The number of nitrogens with zero attached hydrogens (tertiary/aromatic N) is 1. The molecule has 0 heterocycles. The van der Waals surface area contributed by atoms with Gasteiger partial charge in [-0.05, 0) is 38.1 Å². The Morgan fingerprint density at radius 3 is 2.62 bits per heavy atom. The lowest BCUT2D eigenvalue weighted by atomic mass is 10.1. The molecule has 0 saturated heterocycles. The molecule has 88 valence electrons. The van der Waals surface area contributed by atoms with Gasteiger partial charge in [0, 0.05) is 6.54 Å². The van der Waals surface area contributed by atoms with Gasteiger partial charge in [-0.3, -0.25) is 9.69 Å². The predicted molar refractivity (Wildman–Crippen MR) is 64.7 cm³/mol. The lowest BCUT2D eigenvalue weighted by molar-refractivity contribution is -0.117. The van der Waals surface area contributed by atoms with Crippen LogP contribution in [0.4, 0.5) is 0 Å². The predicted octanol–water partition coefficient (Wildman–Crippen LogP) is 2.02. The summed E-state index contributed by atoms with van der Waals surface area (Å²) in [6, 6.07) is 6.09. The molecule has 0 aromatic heterocycles. The van der Waals surface area contributed by atoms with Crippen molar-refractivity contribution < 1.29 is 9.53 Å². The van der Waals surface area contributed by atoms with Crippen LogP contribution in [0.1, 0.15) is 18.1 Å². The third kappa shape index (κ3) is 3.66. The minimum atomic E-state index is 0.188. The van der Waals surface area contributed by atoms with E-state index in [4.69, 9.17) is 4.74 Å². The smallest absolute Gasteiger partial charge is 0.143 e. The molecule has 3 nitrogen and oxygen atoms in total. The summed E-state index contributed by atoms with van der Waals surface area (Å²) in [5, 5.41) is 0. The van der Waals surface area contributed by atoms with Crippen LogP contribution in [0.5, 0.6) is 5.75 Å². The summed E-state index contributed by atoms with van der Waals surface area (Å²) in [5.41, 5.74) is 2.32. The quantitative estimate of drug-likeness (QED) is 0.762. The van der Waals surface area contributed by atoms with E-state index in [0.717, 1.165) is 17.9 Å². The van der Waals surface area contributed by atoms with Crippen molar-refractivity contribution in [3.8, 4) is 5.75 Å². The molecule has 0 radical (unpaired) electrons. The fourth-order valence-electron chi connectivity index (χ4n) is 1.79. The van der Waals surface area contributed by atoms with Gasteiger partial charge in [-0.25, -0.2) is 0 Å².